The Morgan fingerprint density at radius 2 is 0.472 bits per heavy atom. The van der Waals surface area contributed by atoms with Crippen LogP contribution in [0.1, 0.15) is 0 Å². The number of hydrogen-bond donors (Lipinski definition) is 0. The molecule has 18 heteroatoms. The predicted octanol–water partition coefficient (Wildman–Crippen LogP) is 5.63. The average Bonchev–Trinajstić information content (AvgIpc) is 2.86. The highest BCUT2D eigenvalue weighted by Gasteiger charge is 2.43. The molecular weight excluding hydrogens is 544 g/mol. The summed E-state index contributed by atoms with van der Waals surface area (Å²) >= 11 is 0. The largest absolute Gasteiger partial charge is 0.639 e. The van der Waals surface area contributed by atoms with Crippen LogP contribution in [-0.4, -0.2) is 7.12 Å². The van der Waals surface area contributed by atoms with Crippen LogP contribution < -0.4 is 14.8 Å². The average molecular weight is 544 g/mol. The molecule has 3 rings (SSSR count). The Bertz CT molecular complexity index is 1250. The minimum Gasteiger partial charge on any atom is -0.517 e. The van der Waals surface area contributed by atoms with Crippen molar-refractivity contribution in [1.29, 1.82) is 0 Å². The van der Waals surface area contributed by atoms with Crippen molar-refractivity contribution < 1.29 is 75.2 Å². The van der Waals surface area contributed by atoms with Gasteiger partial charge in [-0.25, -0.2) is 48.3 Å². The second-order valence-corrected chi connectivity index (χ2v) is 6.35. The first-order chi connectivity index (χ1) is 16.6. The van der Waals surface area contributed by atoms with E-state index in [0.717, 1.165) is 0 Å². The van der Waals surface area contributed by atoms with Gasteiger partial charge in [0.1, 0.15) is 0 Å². The molecule has 0 aliphatic carbocycles. The molecule has 0 aliphatic heterocycles. The third-order valence-electron chi connectivity index (χ3n) is 4.27. The molecule has 0 saturated carbocycles. The molecule has 36 heavy (non-hydrogen) atoms. The molecule has 0 N–H and O–H groups in total. The molecule has 0 bridgehead atoms. The first kappa shape index (κ1) is 26.9. The van der Waals surface area contributed by atoms with Gasteiger partial charge in [0.25, 0.3) is 0 Å². The lowest BCUT2D eigenvalue weighted by Crippen LogP contribution is -2.48. The Morgan fingerprint density at radius 1 is 0.278 bits per heavy atom. The summed E-state index contributed by atoms with van der Waals surface area (Å²) < 4.78 is 213. The van der Waals surface area contributed by atoms with Gasteiger partial charge < -0.3 is 9.31 Å². The minimum atomic E-state index is -3.82. The zero-order valence-electron chi connectivity index (χ0n) is 16.1. The van der Waals surface area contributed by atoms with E-state index < -0.39 is 111 Å². The standard InChI is InChI=1S/C18BF15O2/c20-2-1(3(21)5(23)6(24)4(2)22)19(35-17-13(31)9(27)7(25)10(28)14(17)32)36-18-15(33)11(29)8(26)12(30)16(18)34. The molecule has 0 atom stereocenters. The van der Waals surface area contributed by atoms with Gasteiger partial charge >= 0.3 is 7.12 Å². The van der Waals surface area contributed by atoms with E-state index in [1.165, 1.54) is 0 Å². The molecule has 0 spiro atoms. The molecule has 0 fully saturated rings. The number of benzene rings is 3. The van der Waals surface area contributed by atoms with Gasteiger partial charge in [0.15, 0.2) is 40.6 Å². The lowest BCUT2D eigenvalue weighted by Gasteiger charge is -2.20. The van der Waals surface area contributed by atoms with E-state index in [0.29, 0.717) is 0 Å². The number of rotatable bonds is 5. The summed E-state index contributed by atoms with van der Waals surface area (Å²) in [6.45, 7) is 0. The Kier molecular flexibility index (Phi) is 7.00. The van der Waals surface area contributed by atoms with Crippen LogP contribution in [0.5, 0.6) is 11.5 Å². The predicted molar refractivity (Wildman–Crippen MR) is 85.3 cm³/mol. The SMILES string of the molecule is Fc1c(F)c(F)c(OB(Oc2c(F)c(F)c(F)c(F)c2F)c2c(F)c(F)c(F)c(F)c2F)c(F)c1F. The van der Waals surface area contributed by atoms with Crippen molar-refractivity contribution >= 4 is 12.6 Å². The molecule has 0 radical (unpaired) electrons. The first-order valence-corrected chi connectivity index (χ1v) is 8.50. The summed E-state index contributed by atoms with van der Waals surface area (Å²) in [5.41, 5.74) is -2.53. The van der Waals surface area contributed by atoms with E-state index in [-0.39, 0.29) is 0 Å². The van der Waals surface area contributed by atoms with Crippen LogP contribution >= 0.6 is 0 Å². The van der Waals surface area contributed by atoms with E-state index in [4.69, 9.17) is 0 Å². The van der Waals surface area contributed by atoms with E-state index in [2.05, 4.69) is 9.31 Å². The number of halogens is 15. The zero-order chi connectivity index (χ0) is 27.4. The summed E-state index contributed by atoms with van der Waals surface area (Å²) in [6, 6.07) is 0. The topological polar surface area (TPSA) is 18.5 Å². The Morgan fingerprint density at radius 3 is 0.722 bits per heavy atom. The smallest absolute Gasteiger partial charge is 0.517 e. The normalized spacial score (nSPS) is 11.2. The van der Waals surface area contributed by atoms with Crippen molar-refractivity contribution in [3.63, 3.8) is 0 Å². The van der Waals surface area contributed by atoms with Crippen molar-refractivity contribution in [3.8, 4) is 11.5 Å². The lowest BCUT2D eigenvalue weighted by molar-refractivity contribution is 0.313. The summed E-state index contributed by atoms with van der Waals surface area (Å²) in [5.74, 6) is -48.4. The van der Waals surface area contributed by atoms with Gasteiger partial charge in [-0.3, -0.25) is 0 Å². The Labute approximate surface area is 187 Å². The molecule has 0 heterocycles. The maximum absolute atomic E-state index is 14.2. The fraction of sp³-hybridized carbons (Fsp3) is 0. The molecule has 0 unspecified atom stereocenters. The molecule has 0 saturated heterocycles. The van der Waals surface area contributed by atoms with Gasteiger partial charge in [0.2, 0.25) is 58.2 Å². The van der Waals surface area contributed by atoms with Gasteiger partial charge in [0, 0.05) is 0 Å². The summed E-state index contributed by atoms with van der Waals surface area (Å²) in [4.78, 5) is 0. The van der Waals surface area contributed by atoms with E-state index >= 15 is 0 Å². The molecule has 3 aromatic rings. The third-order valence-corrected chi connectivity index (χ3v) is 4.27. The van der Waals surface area contributed by atoms with Crippen LogP contribution in [-0.2, 0) is 0 Å². The summed E-state index contributed by atoms with van der Waals surface area (Å²) in [5, 5.41) is 0. The summed E-state index contributed by atoms with van der Waals surface area (Å²) in [6.07, 6.45) is 0. The zero-order valence-corrected chi connectivity index (χ0v) is 16.1. The van der Waals surface area contributed by atoms with E-state index in [1.54, 1.807) is 0 Å². The van der Waals surface area contributed by atoms with Gasteiger partial charge in [0.05, 0.1) is 5.46 Å². The molecule has 0 aromatic heterocycles. The minimum absolute atomic E-state index is 2.53. The Hall–Kier alpha value is -3.73. The van der Waals surface area contributed by atoms with E-state index in [1.807, 2.05) is 0 Å². The maximum Gasteiger partial charge on any atom is 0.639 e. The molecule has 0 amide bonds. The van der Waals surface area contributed by atoms with Gasteiger partial charge in [-0.2, -0.15) is 17.6 Å². The van der Waals surface area contributed by atoms with Crippen LogP contribution in [0, 0.1) is 87.3 Å². The fourth-order valence-corrected chi connectivity index (χ4v) is 2.56. The van der Waals surface area contributed by atoms with Crippen LogP contribution in [0.2, 0.25) is 0 Å². The molecular formula is C18BF15O2. The first-order valence-electron chi connectivity index (χ1n) is 8.50. The maximum atomic E-state index is 14.2. The quantitative estimate of drug-likeness (QED) is 0.180. The highest BCUT2D eigenvalue weighted by atomic mass is 19.2. The van der Waals surface area contributed by atoms with Gasteiger partial charge in [-0.15, -0.1) is 0 Å². The van der Waals surface area contributed by atoms with Crippen molar-refractivity contribution in [2.75, 3.05) is 0 Å². The highest BCUT2D eigenvalue weighted by Crippen LogP contribution is 2.33. The molecule has 0 aliphatic rings. The Balaban J connectivity index is 2.34. The van der Waals surface area contributed by atoms with Crippen LogP contribution in [0.4, 0.5) is 65.9 Å². The third kappa shape index (κ3) is 4.03. The number of hydrogen-bond acceptors (Lipinski definition) is 2. The van der Waals surface area contributed by atoms with Gasteiger partial charge in [-0.05, 0) is 0 Å². The second-order valence-electron chi connectivity index (χ2n) is 6.35. The highest BCUT2D eigenvalue weighted by molar-refractivity contribution is 6.63. The molecule has 2 nitrogen and oxygen atoms in total. The second kappa shape index (κ2) is 9.38. The lowest BCUT2D eigenvalue weighted by atomic mass is 9.77. The van der Waals surface area contributed by atoms with Gasteiger partial charge in [-0.1, -0.05) is 0 Å². The van der Waals surface area contributed by atoms with E-state index in [9.17, 15) is 65.9 Å². The molecule has 3 aromatic carbocycles. The van der Waals surface area contributed by atoms with Crippen LogP contribution in [0.25, 0.3) is 0 Å². The molecule has 192 valence electrons. The van der Waals surface area contributed by atoms with Crippen molar-refractivity contribution in [2.45, 2.75) is 0 Å². The van der Waals surface area contributed by atoms with Crippen molar-refractivity contribution in [2.24, 2.45) is 0 Å². The monoisotopic (exact) mass is 544 g/mol. The van der Waals surface area contributed by atoms with Crippen LogP contribution in [0.3, 0.4) is 0 Å². The van der Waals surface area contributed by atoms with Crippen molar-refractivity contribution in [1.82, 2.24) is 0 Å². The van der Waals surface area contributed by atoms with Crippen molar-refractivity contribution in [3.05, 3.63) is 87.3 Å². The van der Waals surface area contributed by atoms with Crippen LogP contribution in [0.15, 0.2) is 0 Å². The summed E-state index contributed by atoms with van der Waals surface area (Å²) in [7, 11) is -3.82. The fourth-order valence-electron chi connectivity index (χ4n) is 2.56.